The quantitative estimate of drug-likeness (QED) is 0.482. The van der Waals surface area contributed by atoms with Crippen LogP contribution in [0.3, 0.4) is 0 Å². The molecule has 0 saturated carbocycles. The minimum Gasteiger partial charge on any atom is -0.379 e. The zero-order chi connectivity index (χ0) is 17.0. The van der Waals surface area contributed by atoms with Gasteiger partial charge in [-0.2, -0.15) is 0 Å². The van der Waals surface area contributed by atoms with Gasteiger partial charge >= 0.3 is 0 Å². The van der Waals surface area contributed by atoms with E-state index in [0.717, 1.165) is 18.4 Å². The molecule has 0 spiro atoms. The fraction of sp³-hybridized carbons (Fsp3) is 0.619. The van der Waals surface area contributed by atoms with Gasteiger partial charge in [0.15, 0.2) is 0 Å². The molecule has 0 heterocycles. The van der Waals surface area contributed by atoms with Crippen LogP contribution in [0.2, 0.25) is 0 Å². The Labute approximate surface area is 137 Å². The predicted octanol–water partition coefficient (Wildman–Crippen LogP) is 6.24. The van der Waals surface area contributed by atoms with Crippen LogP contribution in [0.5, 0.6) is 0 Å². The lowest BCUT2D eigenvalue weighted by atomic mass is 9.71. The standard InChI is InChI=1S/C21H34O/c1-9-21(7)14-12-18(15-19(21)16(2)3)17(4)11-10-13-20(5,6)22-8/h9,12,15,17H,1-2,10-11,13-14H2,3-8H3/t17?,21-/m0/s1. The third-order valence-electron chi connectivity index (χ3n) is 5.14. The second-order valence-corrected chi connectivity index (χ2v) is 7.63. The average molecular weight is 303 g/mol. The first kappa shape index (κ1) is 19.0. The van der Waals surface area contributed by atoms with Crippen molar-refractivity contribution in [1.29, 1.82) is 0 Å². The Morgan fingerprint density at radius 2 is 2.14 bits per heavy atom. The highest BCUT2D eigenvalue weighted by Crippen LogP contribution is 2.42. The molecule has 0 fully saturated rings. The summed E-state index contributed by atoms with van der Waals surface area (Å²) < 4.78 is 5.51. The molecule has 0 N–H and O–H groups in total. The van der Waals surface area contributed by atoms with Crippen LogP contribution < -0.4 is 0 Å². The molecule has 1 aliphatic carbocycles. The van der Waals surface area contributed by atoms with Crippen molar-refractivity contribution in [3.8, 4) is 0 Å². The van der Waals surface area contributed by atoms with Gasteiger partial charge in [-0.3, -0.25) is 0 Å². The summed E-state index contributed by atoms with van der Waals surface area (Å²) in [4.78, 5) is 0. The van der Waals surface area contributed by atoms with Crippen molar-refractivity contribution in [2.45, 2.75) is 65.9 Å². The van der Waals surface area contributed by atoms with Crippen LogP contribution in [-0.2, 0) is 4.74 Å². The van der Waals surface area contributed by atoms with Crippen molar-refractivity contribution in [1.82, 2.24) is 0 Å². The van der Waals surface area contributed by atoms with Gasteiger partial charge in [0, 0.05) is 12.5 Å². The van der Waals surface area contributed by atoms with Crippen LogP contribution in [0.1, 0.15) is 60.3 Å². The molecule has 124 valence electrons. The van der Waals surface area contributed by atoms with Crippen molar-refractivity contribution in [2.75, 3.05) is 7.11 Å². The maximum absolute atomic E-state index is 5.51. The molecule has 1 rings (SSSR count). The van der Waals surface area contributed by atoms with Gasteiger partial charge < -0.3 is 4.74 Å². The molecule has 0 aromatic heterocycles. The van der Waals surface area contributed by atoms with Crippen molar-refractivity contribution < 1.29 is 4.74 Å². The maximum atomic E-state index is 5.51. The van der Waals surface area contributed by atoms with E-state index in [4.69, 9.17) is 4.74 Å². The van der Waals surface area contributed by atoms with Gasteiger partial charge in [-0.05, 0) is 57.1 Å². The number of rotatable bonds is 8. The molecule has 0 aromatic rings. The minimum absolute atomic E-state index is 0.0131. The molecule has 0 radical (unpaired) electrons. The summed E-state index contributed by atoms with van der Waals surface area (Å²) >= 11 is 0. The Morgan fingerprint density at radius 3 is 2.64 bits per heavy atom. The van der Waals surface area contributed by atoms with Crippen molar-refractivity contribution >= 4 is 0 Å². The Balaban J connectivity index is 2.73. The smallest absolute Gasteiger partial charge is 0.0622 e. The van der Waals surface area contributed by atoms with E-state index in [9.17, 15) is 0 Å². The SMILES string of the molecule is C=C[C@@]1(C)CC=C(C(C)CCCC(C)(C)OC)C=C1C(=C)C. The molecule has 0 bridgehead atoms. The fourth-order valence-electron chi connectivity index (χ4n) is 3.08. The van der Waals surface area contributed by atoms with Crippen LogP contribution in [-0.4, -0.2) is 12.7 Å². The third kappa shape index (κ3) is 4.71. The number of hydrogen-bond donors (Lipinski definition) is 0. The molecule has 1 unspecified atom stereocenters. The minimum atomic E-state index is -0.0131. The predicted molar refractivity (Wildman–Crippen MR) is 98.0 cm³/mol. The van der Waals surface area contributed by atoms with Crippen molar-refractivity contribution in [2.24, 2.45) is 11.3 Å². The van der Waals surface area contributed by atoms with Crippen LogP contribution in [0.25, 0.3) is 0 Å². The molecule has 0 amide bonds. The maximum Gasteiger partial charge on any atom is 0.0622 e. The van der Waals surface area contributed by atoms with Gasteiger partial charge in [0.1, 0.15) is 0 Å². The molecule has 1 nitrogen and oxygen atoms in total. The van der Waals surface area contributed by atoms with Crippen LogP contribution in [0.4, 0.5) is 0 Å². The zero-order valence-electron chi connectivity index (χ0n) is 15.5. The monoisotopic (exact) mass is 302 g/mol. The van der Waals surface area contributed by atoms with Crippen molar-refractivity contribution in [3.63, 3.8) is 0 Å². The van der Waals surface area contributed by atoms with E-state index >= 15 is 0 Å². The van der Waals surface area contributed by atoms with Gasteiger partial charge in [-0.15, -0.1) is 6.58 Å². The lowest BCUT2D eigenvalue weighted by molar-refractivity contribution is 0.0130. The number of hydrogen-bond acceptors (Lipinski definition) is 1. The molecular formula is C21H34O. The second-order valence-electron chi connectivity index (χ2n) is 7.63. The fourth-order valence-corrected chi connectivity index (χ4v) is 3.08. The zero-order valence-corrected chi connectivity index (χ0v) is 15.5. The summed E-state index contributed by atoms with van der Waals surface area (Å²) in [6.07, 6.45) is 11.3. The molecule has 0 aliphatic heterocycles. The number of allylic oxidation sites excluding steroid dienone is 6. The molecule has 0 aromatic carbocycles. The van der Waals surface area contributed by atoms with E-state index in [1.54, 1.807) is 7.11 Å². The summed E-state index contributed by atoms with van der Waals surface area (Å²) in [6.45, 7) is 19.2. The molecular weight excluding hydrogens is 268 g/mol. The molecule has 22 heavy (non-hydrogen) atoms. The highest BCUT2D eigenvalue weighted by molar-refractivity contribution is 5.45. The third-order valence-corrected chi connectivity index (χ3v) is 5.14. The molecule has 2 atom stereocenters. The Bertz CT molecular complexity index is 478. The summed E-state index contributed by atoms with van der Waals surface area (Å²) in [6, 6.07) is 0. The normalized spacial score (nSPS) is 23.5. The summed E-state index contributed by atoms with van der Waals surface area (Å²) in [5.74, 6) is 0.580. The first-order chi connectivity index (χ1) is 10.1. The van der Waals surface area contributed by atoms with E-state index in [0.29, 0.717) is 5.92 Å². The van der Waals surface area contributed by atoms with Gasteiger partial charge in [-0.25, -0.2) is 0 Å². The first-order valence-corrected chi connectivity index (χ1v) is 8.42. The largest absolute Gasteiger partial charge is 0.379 e. The van der Waals surface area contributed by atoms with Crippen molar-refractivity contribution in [3.05, 3.63) is 48.1 Å². The Morgan fingerprint density at radius 1 is 1.50 bits per heavy atom. The highest BCUT2D eigenvalue weighted by Gasteiger charge is 2.29. The summed E-state index contributed by atoms with van der Waals surface area (Å²) in [5, 5.41) is 0. The van der Waals surface area contributed by atoms with E-state index in [-0.39, 0.29) is 11.0 Å². The second kappa shape index (κ2) is 7.46. The lowest BCUT2D eigenvalue weighted by Gasteiger charge is -2.33. The number of ether oxygens (including phenoxy) is 1. The van der Waals surface area contributed by atoms with Crippen LogP contribution in [0.15, 0.2) is 48.1 Å². The van der Waals surface area contributed by atoms with Gasteiger partial charge in [0.2, 0.25) is 0 Å². The first-order valence-electron chi connectivity index (χ1n) is 8.42. The van der Waals surface area contributed by atoms with Gasteiger partial charge in [0.25, 0.3) is 0 Å². The Kier molecular flexibility index (Phi) is 6.43. The molecule has 0 saturated heterocycles. The molecule has 1 heteroatoms. The topological polar surface area (TPSA) is 9.23 Å². The Hall–Kier alpha value is -1.08. The summed E-state index contributed by atoms with van der Waals surface area (Å²) in [7, 11) is 1.80. The van der Waals surface area contributed by atoms with E-state index in [1.807, 2.05) is 0 Å². The van der Waals surface area contributed by atoms with Gasteiger partial charge in [0.05, 0.1) is 5.60 Å². The molecule has 1 aliphatic rings. The van der Waals surface area contributed by atoms with Gasteiger partial charge in [-0.1, -0.05) is 50.6 Å². The lowest BCUT2D eigenvalue weighted by Crippen LogP contribution is -2.22. The van der Waals surface area contributed by atoms with Crippen LogP contribution in [0, 0.1) is 11.3 Å². The van der Waals surface area contributed by atoms with Crippen LogP contribution >= 0.6 is 0 Å². The van der Waals surface area contributed by atoms with E-state index in [2.05, 4.69) is 66.0 Å². The highest BCUT2D eigenvalue weighted by atomic mass is 16.5. The van der Waals surface area contributed by atoms with E-state index in [1.165, 1.54) is 24.0 Å². The average Bonchev–Trinajstić information content (AvgIpc) is 2.47. The van der Waals surface area contributed by atoms with E-state index < -0.39 is 0 Å². The summed E-state index contributed by atoms with van der Waals surface area (Å²) in [5.41, 5.74) is 3.96. The number of methoxy groups -OCH3 is 1.